The van der Waals surface area contributed by atoms with Gasteiger partial charge in [0.25, 0.3) is 5.91 Å². The van der Waals surface area contributed by atoms with E-state index in [0.29, 0.717) is 17.0 Å². The number of nitrogens with two attached hydrogens (primary N) is 1. The van der Waals surface area contributed by atoms with Crippen LogP contribution < -0.4 is 11.1 Å². The lowest BCUT2D eigenvalue weighted by molar-refractivity contribution is 0.0903. The fourth-order valence-electron chi connectivity index (χ4n) is 3.86. The highest BCUT2D eigenvalue weighted by Gasteiger charge is 2.21. The predicted molar refractivity (Wildman–Crippen MR) is 120 cm³/mol. The first-order chi connectivity index (χ1) is 15.1. The summed E-state index contributed by atoms with van der Waals surface area (Å²) in [6.07, 6.45) is 1.85. The van der Waals surface area contributed by atoms with Gasteiger partial charge in [0.2, 0.25) is 5.91 Å². The van der Waals surface area contributed by atoms with Crippen LogP contribution in [0.15, 0.2) is 72.8 Å². The molecule has 31 heavy (non-hydrogen) atoms. The Morgan fingerprint density at radius 1 is 0.935 bits per heavy atom. The number of primary amides is 1. The molecule has 0 unspecified atom stereocenters. The number of nitrogens with zero attached hydrogens (tertiary/aromatic N) is 2. The quantitative estimate of drug-likeness (QED) is 0.648. The molecule has 1 saturated heterocycles. The van der Waals surface area contributed by atoms with E-state index < -0.39 is 5.91 Å². The summed E-state index contributed by atoms with van der Waals surface area (Å²) in [5.74, 6) is -0.625. The summed E-state index contributed by atoms with van der Waals surface area (Å²) in [7, 11) is 0. The summed E-state index contributed by atoms with van der Waals surface area (Å²) in [6, 6.07) is 22.9. The normalized spacial score (nSPS) is 14.8. The number of rotatable bonds is 6. The van der Waals surface area contributed by atoms with E-state index in [1.165, 1.54) is 5.56 Å². The monoisotopic (exact) mass is 414 g/mol. The summed E-state index contributed by atoms with van der Waals surface area (Å²) in [4.78, 5) is 30.9. The van der Waals surface area contributed by atoms with Gasteiger partial charge in [0.15, 0.2) is 0 Å². The maximum atomic E-state index is 12.8. The average Bonchev–Trinajstić information content (AvgIpc) is 2.81. The maximum Gasteiger partial charge on any atom is 0.270 e. The van der Waals surface area contributed by atoms with Gasteiger partial charge in [-0.25, -0.2) is 4.98 Å². The molecule has 0 aliphatic carbocycles. The Balaban J connectivity index is 1.34. The average molecular weight is 415 g/mol. The molecule has 0 radical (unpaired) electrons. The Morgan fingerprint density at radius 2 is 1.65 bits per heavy atom. The summed E-state index contributed by atoms with van der Waals surface area (Å²) < 4.78 is 0. The predicted octanol–water partition coefficient (Wildman–Crippen LogP) is 3.24. The Bertz CT molecular complexity index is 1040. The van der Waals surface area contributed by atoms with Gasteiger partial charge in [0.05, 0.1) is 5.69 Å². The largest absolute Gasteiger partial charge is 0.366 e. The van der Waals surface area contributed by atoms with Crippen LogP contribution in [0.1, 0.15) is 39.3 Å². The third kappa shape index (κ3) is 5.35. The molecule has 2 aromatic carbocycles. The Morgan fingerprint density at radius 3 is 2.32 bits per heavy atom. The van der Waals surface area contributed by atoms with Crippen LogP contribution in [0.3, 0.4) is 0 Å². The fraction of sp³-hybridized carbons (Fsp3) is 0.240. The highest BCUT2D eigenvalue weighted by atomic mass is 16.2. The molecule has 1 aliphatic rings. The smallest absolute Gasteiger partial charge is 0.270 e. The Labute approximate surface area is 182 Å². The van der Waals surface area contributed by atoms with Crippen molar-refractivity contribution in [2.24, 2.45) is 5.73 Å². The summed E-state index contributed by atoms with van der Waals surface area (Å²) in [5.41, 5.74) is 8.95. The number of hydrogen-bond donors (Lipinski definition) is 2. The lowest BCUT2D eigenvalue weighted by Gasteiger charge is -2.32. The van der Waals surface area contributed by atoms with Gasteiger partial charge < -0.3 is 11.1 Å². The third-order valence-corrected chi connectivity index (χ3v) is 5.62. The second kappa shape index (κ2) is 9.53. The SMILES string of the molecule is NC(=O)c1ccc(-c2cccc(C(=O)NC3CCN(Cc4ccccc4)CC3)n2)cc1. The van der Waals surface area contributed by atoms with Crippen molar-refractivity contribution in [1.29, 1.82) is 0 Å². The van der Waals surface area contributed by atoms with Crippen molar-refractivity contribution in [3.05, 3.63) is 89.6 Å². The number of carbonyl (C=O) groups is 2. The maximum absolute atomic E-state index is 12.8. The molecule has 0 bridgehead atoms. The standard InChI is InChI=1S/C25H26N4O2/c26-24(30)20-11-9-19(10-12-20)22-7-4-8-23(28-22)25(31)27-21-13-15-29(16-14-21)17-18-5-2-1-3-6-18/h1-12,21H,13-17H2,(H2,26,30)(H,27,31). The highest BCUT2D eigenvalue weighted by Crippen LogP contribution is 2.19. The lowest BCUT2D eigenvalue weighted by atomic mass is 10.0. The van der Waals surface area contributed by atoms with Gasteiger partial charge in [-0.15, -0.1) is 0 Å². The van der Waals surface area contributed by atoms with E-state index in [1.807, 2.05) is 18.2 Å². The number of amides is 2. The first kappa shape index (κ1) is 20.8. The molecule has 1 aromatic heterocycles. The summed E-state index contributed by atoms with van der Waals surface area (Å²) >= 11 is 0. The zero-order chi connectivity index (χ0) is 21.6. The molecule has 2 amide bonds. The molecule has 0 spiro atoms. The van der Waals surface area contributed by atoms with E-state index in [9.17, 15) is 9.59 Å². The second-order valence-corrected chi connectivity index (χ2v) is 7.86. The van der Waals surface area contributed by atoms with Crippen molar-refractivity contribution in [2.45, 2.75) is 25.4 Å². The van der Waals surface area contributed by atoms with Crippen LogP contribution in [0.4, 0.5) is 0 Å². The number of pyridine rings is 1. The van der Waals surface area contributed by atoms with Gasteiger partial charge in [-0.1, -0.05) is 48.5 Å². The third-order valence-electron chi connectivity index (χ3n) is 5.62. The Kier molecular flexibility index (Phi) is 6.38. The van der Waals surface area contributed by atoms with E-state index in [0.717, 1.165) is 38.0 Å². The van der Waals surface area contributed by atoms with Crippen LogP contribution in [-0.2, 0) is 6.54 Å². The zero-order valence-corrected chi connectivity index (χ0v) is 17.3. The summed E-state index contributed by atoms with van der Waals surface area (Å²) in [5, 5.41) is 3.13. The second-order valence-electron chi connectivity index (χ2n) is 7.86. The topological polar surface area (TPSA) is 88.3 Å². The van der Waals surface area contributed by atoms with Crippen LogP contribution >= 0.6 is 0 Å². The molecular formula is C25H26N4O2. The molecule has 158 valence electrons. The van der Waals surface area contributed by atoms with Gasteiger partial charge in [0.1, 0.15) is 5.69 Å². The molecule has 6 nitrogen and oxygen atoms in total. The summed E-state index contributed by atoms with van der Waals surface area (Å²) in [6.45, 7) is 2.86. The molecule has 2 heterocycles. The molecule has 0 saturated carbocycles. The van der Waals surface area contributed by atoms with Crippen molar-refractivity contribution < 1.29 is 9.59 Å². The van der Waals surface area contributed by atoms with Crippen LogP contribution in [0.25, 0.3) is 11.3 Å². The first-order valence-electron chi connectivity index (χ1n) is 10.5. The first-order valence-corrected chi connectivity index (χ1v) is 10.5. The minimum atomic E-state index is -0.470. The number of benzene rings is 2. The molecule has 3 aromatic rings. The molecule has 6 heteroatoms. The van der Waals surface area contributed by atoms with E-state index in [1.54, 1.807) is 30.3 Å². The van der Waals surface area contributed by atoms with E-state index in [-0.39, 0.29) is 11.9 Å². The van der Waals surface area contributed by atoms with E-state index in [2.05, 4.69) is 39.5 Å². The molecule has 0 atom stereocenters. The molecule has 1 aliphatic heterocycles. The number of piperidine rings is 1. The van der Waals surface area contributed by atoms with Gasteiger partial charge in [-0.2, -0.15) is 0 Å². The van der Waals surface area contributed by atoms with Crippen molar-refractivity contribution in [1.82, 2.24) is 15.2 Å². The number of likely N-dealkylation sites (tertiary alicyclic amines) is 1. The Hall–Kier alpha value is -3.51. The van der Waals surface area contributed by atoms with E-state index >= 15 is 0 Å². The lowest BCUT2D eigenvalue weighted by Crippen LogP contribution is -2.44. The number of carbonyl (C=O) groups excluding carboxylic acids is 2. The fourth-order valence-corrected chi connectivity index (χ4v) is 3.86. The molecule has 4 rings (SSSR count). The van der Waals surface area contributed by atoms with Crippen molar-refractivity contribution in [3.8, 4) is 11.3 Å². The highest BCUT2D eigenvalue weighted by molar-refractivity contribution is 5.94. The van der Waals surface area contributed by atoms with Gasteiger partial charge in [-0.3, -0.25) is 14.5 Å². The van der Waals surface area contributed by atoms with Gasteiger partial charge in [-0.05, 0) is 42.7 Å². The minimum Gasteiger partial charge on any atom is -0.366 e. The molecular weight excluding hydrogens is 388 g/mol. The van der Waals surface area contributed by atoms with Crippen molar-refractivity contribution in [2.75, 3.05) is 13.1 Å². The van der Waals surface area contributed by atoms with Crippen LogP contribution in [0, 0.1) is 0 Å². The number of nitrogens with one attached hydrogen (secondary N) is 1. The molecule has 3 N–H and O–H groups in total. The van der Waals surface area contributed by atoms with Crippen LogP contribution in [0.2, 0.25) is 0 Å². The zero-order valence-electron chi connectivity index (χ0n) is 17.3. The van der Waals surface area contributed by atoms with Gasteiger partial charge in [0, 0.05) is 36.8 Å². The van der Waals surface area contributed by atoms with Crippen LogP contribution in [0.5, 0.6) is 0 Å². The number of aromatic nitrogens is 1. The van der Waals surface area contributed by atoms with E-state index in [4.69, 9.17) is 5.73 Å². The number of hydrogen-bond acceptors (Lipinski definition) is 4. The molecule has 1 fully saturated rings. The van der Waals surface area contributed by atoms with Crippen molar-refractivity contribution in [3.63, 3.8) is 0 Å². The van der Waals surface area contributed by atoms with Crippen molar-refractivity contribution >= 4 is 11.8 Å². The van der Waals surface area contributed by atoms with Gasteiger partial charge >= 0.3 is 0 Å². The minimum absolute atomic E-state index is 0.153. The van der Waals surface area contributed by atoms with Crippen LogP contribution in [-0.4, -0.2) is 40.8 Å².